The van der Waals surface area contributed by atoms with Crippen molar-refractivity contribution < 1.29 is 45.2 Å². The molecule has 1 saturated heterocycles. The maximum absolute atomic E-state index is 13.9. The number of methoxy groups -OCH3 is 1. The maximum atomic E-state index is 13.9. The summed E-state index contributed by atoms with van der Waals surface area (Å²) in [7, 11) is -2.34. The smallest absolute Gasteiger partial charge is 0.497 e. The zero-order valence-electron chi connectivity index (χ0n) is 27.8. The predicted octanol–water partition coefficient (Wildman–Crippen LogP) is 6.30. The van der Waals surface area contributed by atoms with Crippen molar-refractivity contribution in [2.24, 2.45) is 0 Å². The third kappa shape index (κ3) is 7.91. The summed E-state index contributed by atoms with van der Waals surface area (Å²) < 4.78 is 92.5. The van der Waals surface area contributed by atoms with Gasteiger partial charge in [-0.2, -0.15) is 17.5 Å². The average molecular weight is 678 g/mol. The number of anilines is 2. The lowest BCUT2D eigenvalue weighted by Gasteiger charge is -2.32. The fourth-order valence-electron chi connectivity index (χ4n) is 4.62. The zero-order chi connectivity index (χ0) is 35.2. The van der Waals surface area contributed by atoms with Crippen LogP contribution in [0.4, 0.5) is 29.5 Å². The number of carbonyl (C=O) groups is 1. The molecule has 0 spiro atoms. The Kier molecular flexibility index (Phi) is 9.82. The quantitative estimate of drug-likeness (QED) is 0.256. The van der Waals surface area contributed by atoms with Gasteiger partial charge < -0.3 is 18.8 Å². The molecule has 15 heteroatoms. The Morgan fingerprint density at radius 2 is 1.55 bits per heavy atom. The average Bonchev–Trinajstić information content (AvgIpc) is 3.18. The van der Waals surface area contributed by atoms with Gasteiger partial charge >= 0.3 is 19.4 Å². The predicted molar refractivity (Wildman–Crippen MR) is 171 cm³/mol. The first-order valence-corrected chi connectivity index (χ1v) is 16.1. The Morgan fingerprint density at radius 1 is 0.957 bits per heavy atom. The van der Waals surface area contributed by atoms with Crippen molar-refractivity contribution in [3.8, 4) is 5.75 Å². The number of nitrogens with zero attached hydrogens (tertiary/aromatic N) is 3. The molecule has 0 saturated carbocycles. The highest BCUT2D eigenvalue weighted by Gasteiger charge is 2.53. The van der Waals surface area contributed by atoms with Crippen LogP contribution in [0.5, 0.6) is 5.75 Å². The number of ether oxygens (including phenoxy) is 2. The summed E-state index contributed by atoms with van der Waals surface area (Å²) >= 11 is 0. The molecule has 2 aromatic carbocycles. The number of hydrogen-bond donors (Lipinski definition) is 0. The first kappa shape index (κ1) is 36.2. The lowest BCUT2D eigenvalue weighted by Crippen LogP contribution is -2.42. The monoisotopic (exact) mass is 677 g/mol. The van der Waals surface area contributed by atoms with Crippen molar-refractivity contribution in [3.05, 3.63) is 71.9 Å². The molecule has 0 aliphatic carbocycles. The van der Waals surface area contributed by atoms with E-state index < -0.39 is 51.8 Å². The Bertz CT molecular complexity index is 1690. The first-order chi connectivity index (χ1) is 21.6. The fourth-order valence-corrected chi connectivity index (χ4v) is 5.81. The van der Waals surface area contributed by atoms with Crippen LogP contribution < -0.4 is 15.1 Å². The standard InChI is InChI=1S/C32H39BF3N3O7S/c1-29(2,3)44-28(40)39(27-17-12-22(19-37-27)32(34,35)36)26-16-15-24(18-25(26)33-45-30(4,5)31(6,7)46-33)47(41,42)38(8)20-21-10-13-23(43-9)14-11-21/h10-19H,20H2,1-9H3. The number of pyridine rings is 1. The highest BCUT2D eigenvalue weighted by molar-refractivity contribution is 7.89. The second kappa shape index (κ2) is 12.8. The molecule has 1 amide bonds. The molecule has 1 aliphatic heterocycles. The number of carbonyl (C=O) groups excluding carboxylic acids is 1. The van der Waals surface area contributed by atoms with Crippen LogP contribution in [-0.2, 0) is 36.8 Å². The van der Waals surface area contributed by atoms with Gasteiger partial charge in [-0.15, -0.1) is 0 Å². The van der Waals surface area contributed by atoms with Gasteiger partial charge in [-0.05, 0) is 96.5 Å². The Balaban J connectivity index is 1.87. The summed E-state index contributed by atoms with van der Waals surface area (Å²) in [5, 5.41) is 0. The molecule has 0 atom stereocenters. The second-order valence-electron chi connectivity index (χ2n) is 13.1. The SMILES string of the molecule is COc1ccc(CN(C)S(=O)(=O)c2ccc(N(C(=O)OC(C)(C)C)c3ccc(C(F)(F)F)cn3)c(B3OC(C)(C)C(C)(C)O3)c2)cc1. The summed E-state index contributed by atoms with van der Waals surface area (Å²) in [4.78, 5) is 18.5. The van der Waals surface area contributed by atoms with Crippen LogP contribution in [0, 0.1) is 0 Å². The number of halogens is 3. The van der Waals surface area contributed by atoms with Gasteiger partial charge in [-0.1, -0.05) is 12.1 Å². The highest BCUT2D eigenvalue weighted by atomic mass is 32.2. The summed E-state index contributed by atoms with van der Waals surface area (Å²) in [6.07, 6.45) is -5.02. The molecule has 0 unspecified atom stereocenters. The summed E-state index contributed by atoms with van der Waals surface area (Å²) in [6, 6.07) is 12.8. The minimum Gasteiger partial charge on any atom is -0.497 e. The molecule has 0 N–H and O–H groups in total. The normalized spacial score (nSPS) is 16.3. The molecule has 47 heavy (non-hydrogen) atoms. The molecule has 1 aliphatic rings. The lowest BCUT2D eigenvalue weighted by molar-refractivity contribution is -0.137. The van der Waals surface area contributed by atoms with E-state index in [1.807, 2.05) is 0 Å². The largest absolute Gasteiger partial charge is 0.497 e. The zero-order valence-corrected chi connectivity index (χ0v) is 28.6. The molecule has 1 fully saturated rings. The first-order valence-electron chi connectivity index (χ1n) is 14.7. The van der Waals surface area contributed by atoms with Crippen molar-refractivity contribution in [1.29, 1.82) is 0 Å². The van der Waals surface area contributed by atoms with Gasteiger partial charge in [0.1, 0.15) is 17.2 Å². The van der Waals surface area contributed by atoms with Crippen LogP contribution in [-0.4, -0.2) is 61.9 Å². The Hall–Kier alpha value is -3.66. The number of sulfonamides is 1. The van der Waals surface area contributed by atoms with E-state index in [1.54, 1.807) is 72.7 Å². The van der Waals surface area contributed by atoms with E-state index in [9.17, 15) is 26.4 Å². The van der Waals surface area contributed by atoms with Crippen molar-refractivity contribution in [3.63, 3.8) is 0 Å². The number of benzene rings is 2. The molecule has 0 radical (unpaired) electrons. The van der Waals surface area contributed by atoms with Crippen LogP contribution >= 0.6 is 0 Å². The molecule has 2 heterocycles. The van der Waals surface area contributed by atoms with Crippen molar-refractivity contribution in [2.75, 3.05) is 19.1 Å². The Morgan fingerprint density at radius 3 is 2.04 bits per heavy atom. The fraction of sp³-hybridized carbons (Fsp3) is 0.438. The number of aromatic nitrogens is 1. The van der Waals surface area contributed by atoms with E-state index in [0.717, 1.165) is 17.0 Å². The number of alkyl halides is 3. The van der Waals surface area contributed by atoms with Gasteiger partial charge in [0.15, 0.2) is 0 Å². The van der Waals surface area contributed by atoms with Crippen molar-refractivity contribution in [1.82, 2.24) is 9.29 Å². The molecule has 10 nitrogen and oxygen atoms in total. The number of rotatable bonds is 8. The summed E-state index contributed by atoms with van der Waals surface area (Å²) in [6.45, 7) is 12.2. The van der Waals surface area contributed by atoms with Gasteiger partial charge in [0, 0.05) is 25.3 Å². The second-order valence-corrected chi connectivity index (χ2v) is 15.2. The van der Waals surface area contributed by atoms with Crippen LogP contribution in [0.3, 0.4) is 0 Å². The van der Waals surface area contributed by atoms with E-state index >= 15 is 0 Å². The van der Waals surface area contributed by atoms with Gasteiger partial charge in [0.05, 0.1) is 34.5 Å². The number of hydrogen-bond acceptors (Lipinski definition) is 8. The van der Waals surface area contributed by atoms with Crippen LogP contribution in [0.1, 0.15) is 59.6 Å². The van der Waals surface area contributed by atoms with Gasteiger partial charge in [0.25, 0.3) is 0 Å². The molecule has 254 valence electrons. The van der Waals surface area contributed by atoms with E-state index in [2.05, 4.69) is 4.98 Å². The van der Waals surface area contributed by atoms with Crippen LogP contribution in [0.25, 0.3) is 0 Å². The maximum Gasteiger partial charge on any atom is 0.497 e. The van der Waals surface area contributed by atoms with Gasteiger partial charge in [-0.25, -0.2) is 23.1 Å². The molecule has 0 bridgehead atoms. The van der Waals surface area contributed by atoms with Crippen LogP contribution in [0.15, 0.2) is 65.7 Å². The topological polar surface area (TPSA) is 108 Å². The van der Waals surface area contributed by atoms with E-state index in [-0.39, 0.29) is 28.4 Å². The molecular formula is C32H39BF3N3O7S. The van der Waals surface area contributed by atoms with Gasteiger partial charge in [0.2, 0.25) is 10.0 Å². The lowest BCUT2D eigenvalue weighted by atomic mass is 9.77. The van der Waals surface area contributed by atoms with E-state index in [4.69, 9.17) is 18.8 Å². The summed E-state index contributed by atoms with van der Waals surface area (Å²) in [5.74, 6) is 0.427. The third-order valence-corrected chi connectivity index (χ3v) is 9.70. The van der Waals surface area contributed by atoms with Crippen molar-refractivity contribution in [2.45, 2.75) is 82.9 Å². The molecular weight excluding hydrogens is 638 g/mol. The minimum atomic E-state index is -4.66. The molecule has 3 aromatic rings. The number of amides is 1. The van der Waals surface area contributed by atoms with Crippen molar-refractivity contribution >= 4 is 40.2 Å². The molecule has 1 aromatic heterocycles. The van der Waals surface area contributed by atoms with Crippen LogP contribution in [0.2, 0.25) is 0 Å². The highest BCUT2D eigenvalue weighted by Crippen LogP contribution is 2.39. The van der Waals surface area contributed by atoms with Gasteiger partial charge in [-0.3, -0.25) is 0 Å². The third-order valence-electron chi connectivity index (χ3n) is 7.90. The Labute approximate surface area is 274 Å². The van der Waals surface area contributed by atoms with E-state index in [0.29, 0.717) is 17.5 Å². The minimum absolute atomic E-state index is 0.0411. The van der Waals surface area contributed by atoms with E-state index in [1.165, 1.54) is 36.7 Å². The summed E-state index contributed by atoms with van der Waals surface area (Å²) in [5.41, 5.74) is -2.87. The molecule has 4 rings (SSSR count).